The lowest BCUT2D eigenvalue weighted by Gasteiger charge is -2.02. The van der Waals surface area contributed by atoms with Crippen molar-refractivity contribution >= 4 is 23.5 Å². The Morgan fingerprint density at radius 1 is 1.70 bits per heavy atom. The van der Waals surface area contributed by atoms with Crippen LogP contribution in [0.1, 0.15) is 6.92 Å². The van der Waals surface area contributed by atoms with E-state index in [0.717, 1.165) is 6.21 Å². The third-order valence-corrected chi connectivity index (χ3v) is 1.50. The second-order valence-corrected chi connectivity index (χ2v) is 2.13. The first-order valence-corrected chi connectivity index (χ1v) is 3.25. The Bertz CT molecular complexity index is 147. The Kier molecular flexibility index (Phi) is 4.66. The number of oxime groups is 2. The summed E-state index contributed by atoms with van der Waals surface area (Å²) in [5.41, 5.74) is 0.262. The van der Waals surface area contributed by atoms with Crippen molar-refractivity contribution in [1.82, 2.24) is 0 Å². The van der Waals surface area contributed by atoms with Gasteiger partial charge in [-0.2, -0.15) is 0 Å². The van der Waals surface area contributed by atoms with E-state index in [1.807, 2.05) is 0 Å². The van der Waals surface area contributed by atoms with Crippen LogP contribution in [0, 0.1) is 5.92 Å². The molecule has 0 aromatic heterocycles. The van der Waals surface area contributed by atoms with Crippen LogP contribution in [0.2, 0.25) is 0 Å². The number of alkyl halides is 1. The standard InChI is InChI=1S/C5H9ClN2O2/c1-4(2-6)5(8-10)3-7-9/h3-4,9-10H,2H2,1H3. The van der Waals surface area contributed by atoms with Crippen molar-refractivity contribution in [2.45, 2.75) is 6.92 Å². The van der Waals surface area contributed by atoms with Gasteiger partial charge in [-0.3, -0.25) is 0 Å². The summed E-state index contributed by atoms with van der Waals surface area (Å²) < 4.78 is 0. The predicted molar refractivity (Wildman–Crippen MR) is 39.4 cm³/mol. The fourth-order valence-corrected chi connectivity index (χ4v) is 0.548. The SMILES string of the molecule is CC(CCl)C(C=NO)=NO. The minimum atomic E-state index is -0.109. The summed E-state index contributed by atoms with van der Waals surface area (Å²) in [6.45, 7) is 1.75. The predicted octanol–water partition coefficient (Wildman–Crippen LogP) is 1.15. The van der Waals surface area contributed by atoms with Crippen LogP contribution in [0.4, 0.5) is 0 Å². The molecule has 58 valence electrons. The normalized spacial score (nSPS) is 16.0. The maximum Gasteiger partial charge on any atom is 0.105 e. The van der Waals surface area contributed by atoms with Gasteiger partial charge in [0.15, 0.2) is 0 Å². The average Bonchev–Trinajstić information content (AvgIpc) is 1.99. The van der Waals surface area contributed by atoms with Gasteiger partial charge in [0.05, 0.1) is 6.21 Å². The zero-order valence-corrected chi connectivity index (χ0v) is 6.28. The molecule has 5 heteroatoms. The van der Waals surface area contributed by atoms with E-state index in [1.54, 1.807) is 6.92 Å². The lowest BCUT2D eigenvalue weighted by molar-refractivity contribution is 0.313. The first kappa shape index (κ1) is 9.23. The third-order valence-electron chi connectivity index (χ3n) is 1.04. The van der Waals surface area contributed by atoms with Gasteiger partial charge in [-0.25, -0.2) is 0 Å². The number of rotatable bonds is 3. The van der Waals surface area contributed by atoms with Crippen LogP contribution in [0.25, 0.3) is 0 Å². The molecule has 10 heavy (non-hydrogen) atoms. The Balaban J connectivity index is 4.08. The van der Waals surface area contributed by atoms with Gasteiger partial charge in [0.25, 0.3) is 0 Å². The van der Waals surface area contributed by atoms with Crippen molar-refractivity contribution < 1.29 is 10.4 Å². The van der Waals surface area contributed by atoms with Gasteiger partial charge in [-0.1, -0.05) is 17.2 Å². The lowest BCUT2D eigenvalue weighted by atomic mass is 10.1. The molecule has 0 heterocycles. The van der Waals surface area contributed by atoms with Gasteiger partial charge < -0.3 is 10.4 Å². The highest BCUT2D eigenvalue weighted by atomic mass is 35.5. The van der Waals surface area contributed by atoms with Crippen LogP contribution in [-0.2, 0) is 0 Å². The lowest BCUT2D eigenvalue weighted by Crippen LogP contribution is -2.13. The molecule has 0 saturated heterocycles. The van der Waals surface area contributed by atoms with Crippen LogP contribution in [0.3, 0.4) is 0 Å². The van der Waals surface area contributed by atoms with Gasteiger partial charge in [0.2, 0.25) is 0 Å². The summed E-state index contributed by atoms with van der Waals surface area (Å²) in [6.07, 6.45) is 1.05. The second kappa shape index (κ2) is 5.05. The van der Waals surface area contributed by atoms with E-state index in [0.29, 0.717) is 5.88 Å². The first-order chi connectivity index (χ1) is 4.76. The number of hydrogen-bond donors (Lipinski definition) is 2. The molecule has 0 spiro atoms. The molecular formula is C5H9ClN2O2. The van der Waals surface area contributed by atoms with Crippen molar-refractivity contribution in [3.63, 3.8) is 0 Å². The molecule has 0 amide bonds. The van der Waals surface area contributed by atoms with Crippen molar-refractivity contribution in [3.8, 4) is 0 Å². The molecule has 0 aliphatic rings. The van der Waals surface area contributed by atoms with Gasteiger partial charge in [-0.15, -0.1) is 11.6 Å². The van der Waals surface area contributed by atoms with E-state index in [9.17, 15) is 0 Å². The van der Waals surface area contributed by atoms with E-state index in [4.69, 9.17) is 22.0 Å². The third kappa shape index (κ3) is 2.68. The van der Waals surface area contributed by atoms with Crippen LogP contribution in [0.15, 0.2) is 10.3 Å². The molecule has 2 N–H and O–H groups in total. The van der Waals surface area contributed by atoms with Gasteiger partial charge >= 0.3 is 0 Å². The first-order valence-electron chi connectivity index (χ1n) is 2.71. The Morgan fingerprint density at radius 2 is 2.30 bits per heavy atom. The van der Waals surface area contributed by atoms with Gasteiger partial charge in [0.1, 0.15) is 5.71 Å². The quantitative estimate of drug-likeness (QED) is 0.285. The minimum Gasteiger partial charge on any atom is -0.411 e. The fraction of sp³-hybridized carbons (Fsp3) is 0.600. The zero-order valence-electron chi connectivity index (χ0n) is 5.53. The molecule has 0 saturated carbocycles. The summed E-state index contributed by atoms with van der Waals surface area (Å²) in [7, 11) is 0. The molecule has 0 radical (unpaired) electrons. The molecule has 0 aliphatic carbocycles. The van der Waals surface area contributed by atoms with Crippen LogP contribution >= 0.6 is 11.6 Å². The molecule has 0 fully saturated rings. The van der Waals surface area contributed by atoms with Gasteiger partial charge in [0, 0.05) is 11.8 Å². The van der Waals surface area contributed by atoms with E-state index in [-0.39, 0.29) is 11.6 Å². The van der Waals surface area contributed by atoms with Gasteiger partial charge in [-0.05, 0) is 0 Å². The molecule has 0 aliphatic heterocycles. The van der Waals surface area contributed by atoms with Crippen molar-refractivity contribution in [3.05, 3.63) is 0 Å². The fourth-order valence-electron chi connectivity index (χ4n) is 0.390. The summed E-state index contributed by atoms with van der Waals surface area (Å²) in [4.78, 5) is 0. The van der Waals surface area contributed by atoms with Crippen LogP contribution < -0.4 is 0 Å². The highest BCUT2D eigenvalue weighted by Crippen LogP contribution is 1.99. The Hall–Kier alpha value is -0.770. The van der Waals surface area contributed by atoms with Crippen molar-refractivity contribution in [1.29, 1.82) is 0 Å². The monoisotopic (exact) mass is 164 g/mol. The largest absolute Gasteiger partial charge is 0.411 e. The van der Waals surface area contributed by atoms with E-state index in [1.165, 1.54) is 0 Å². The number of nitrogens with zero attached hydrogens (tertiary/aromatic N) is 2. The number of halogens is 1. The summed E-state index contributed by atoms with van der Waals surface area (Å²) in [6, 6.07) is 0. The van der Waals surface area contributed by atoms with E-state index >= 15 is 0 Å². The molecule has 0 rings (SSSR count). The molecule has 1 unspecified atom stereocenters. The maximum absolute atomic E-state index is 8.29. The summed E-state index contributed by atoms with van der Waals surface area (Å²) in [5.74, 6) is 0.216. The molecule has 4 nitrogen and oxygen atoms in total. The molecule has 0 aromatic rings. The smallest absolute Gasteiger partial charge is 0.105 e. The molecule has 0 bridgehead atoms. The zero-order chi connectivity index (χ0) is 7.98. The van der Waals surface area contributed by atoms with Crippen LogP contribution in [-0.4, -0.2) is 28.2 Å². The molecule has 0 aromatic carbocycles. The highest BCUT2D eigenvalue weighted by Gasteiger charge is 2.06. The summed E-state index contributed by atoms with van der Waals surface area (Å²) >= 11 is 5.43. The van der Waals surface area contributed by atoms with Crippen molar-refractivity contribution in [2.75, 3.05) is 5.88 Å². The topological polar surface area (TPSA) is 65.2 Å². The number of hydrogen-bond acceptors (Lipinski definition) is 4. The summed E-state index contributed by atoms with van der Waals surface area (Å²) in [5, 5.41) is 21.9. The maximum atomic E-state index is 8.29. The van der Waals surface area contributed by atoms with E-state index in [2.05, 4.69) is 10.3 Å². The molecular weight excluding hydrogens is 156 g/mol. The minimum absolute atomic E-state index is 0.109. The van der Waals surface area contributed by atoms with E-state index < -0.39 is 0 Å². The Morgan fingerprint density at radius 3 is 2.60 bits per heavy atom. The van der Waals surface area contributed by atoms with Crippen LogP contribution in [0.5, 0.6) is 0 Å². The average molecular weight is 165 g/mol. The second-order valence-electron chi connectivity index (χ2n) is 1.82. The Labute approximate surface area is 63.8 Å². The highest BCUT2D eigenvalue weighted by molar-refractivity contribution is 6.33. The molecule has 1 atom stereocenters. The van der Waals surface area contributed by atoms with Crippen molar-refractivity contribution in [2.24, 2.45) is 16.2 Å².